The highest BCUT2D eigenvalue weighted by molar-refractivity contribution is 5.80. The highest BCUT2D eigenvalue weighted by Crippen LogP contribution is 2.32. The Morgan fingerprint density at radius 2 is 2.06 bits per heavy atom. The maximum atomic E-state index is 13.2. The molecule has 3 heterocycles. The summed E-state index contributed by atoms with van der Waals surface area (Å²) in [5, 5.41) is 18.3. The first-order valence-electron chi connectivity index (χ1n) is 11.0. The van der Waals surface area contributed by atoms with Crippen molar-refractivity contribution in [3.8, 4) is 6.07 Å². The predicted octanol–water partition coefficient (Wildman–Crippen LogP) is -0.432. The van der Waals surface area contributed by atoms with E-state index in [2.05, 4.69) is 10.4 Å². The number of hydrogen-bond donors (Lipinski definition) is 3. The van der Waals surface area contributed by atoms with Crippen molar-refractivity contribution in [2.45, 2.75) is 24.8 Å². The Morgan fingerprint density at radius 1 is 1.31 bits per heavy atom. The Balaban J connectivity index is 1.38. The second kappa shape index (κ2) is 12.1. The number of hydrazine groups is 1. The molecule has 3 rings (SSSR count). The van der Waals surface area contributed by atoms with Crippen molar-refractivity contribution < 1.29 is 37.3 Å². The highest BCUT2D eigenvalue weighted by Gasteiger charge is 2.52. The van der Waals surface area contributed by atoms with Gasteiger partial charge in [0, 0.05) is 38.9 Å². The fourth-order valence-electron chi connectivity index (χ4n) is 3.83. The molecule has 2 amide bonds. The second-order valence-corrected chi connectivity index (χ2v) is 8.08. The van der Waals surface area contributed by atoms with E-state index in [1.165, 1.54) is 6.20 Å². The maximum Gasteiger partial charge on any atom is 0.403 e. The van der Waals surface area contributed by atoms with Crippen LogP contribution < -0.4 is 15.8 Å². The number of aromatic nitrogens is 1. The lowest BCUT2D eigenvalue weighted by molar-refractivity contribution is -0.222. The Kier molecular flexibility index (Phi) is 9.21. The number of halogens is 3. The van der Waals surface area contributed by atoms with Crippen LogP contribution in [0.2, 0.25) is 0 Å². The number of rotatable bonds is 9. The molecule has 1 aromatic heterocycles. The number of nitrogens with one attached hydrogen (secondary N) is 2. The number of pyridine rings is 1. The number of aliphatic hydroxyl groups excluding tert-OH is 1. The van der Waals surface area contributed by atoms with Crippen LogP contribution in [0.4, 0.5) is 19.0 Å². The molecule has 1 aromatic rings. The van der Waals surface area contributed by atoms with Crippen LogP contribution in [0.5, 0.6) is 0 Å². The van der Waals surface area contributed by atoms with Crippen molar-refractivity contribution in [3.05, 3.63) is 23.9 Å². The van der Waals surface area contributed by atoms with Gasteiger partial charge in [-0.05, 0) is 12.1 Å². The first-order chi connectivity index (χ1) is 16.7. The van der Waals surface area contributed by atoms with E-state index in [-0.39, 0.29) is 32.1 Å². The Morgan fingerprint density at radius 3 is 2.66 bits per heavy atom. The van der Waals surface area contributed by atoms with E-state index >= 15 is 0 Å². The van der Waals surface area contributed by atoms with Crippen LogP contribution in [0, 0.1) is 17.2 Å². The minimum absolute atomic E-state index is 0.00217. The molecule has 2 unspecified atom stereocenters. The van der Waals surface area contributed by atoms with E-state index in [9.17, 15) is 27.9 Å². The van der Waals surface area contributed by atoms with Crippen molar-refractivity contribution in [2.75, 3.05) is 57.4 Å². The molecule has 3 atom stereocenters. The molecule has 14 heteroatoms. The molecule has 192 valence electrons. The largest absolute Gasteiger partial charge is 0.403 e. The number of carbonyl (C=O) groups excluding carboxylic acids is 2. The van der Waals surface area contributed by atoms with Crippen LogP contribution >= 0.6 is 0 Å². The van der Waals surface area contributed by atoms with Gasteiger partial charge in [-0.3, -0.25) is 15.0 Å². The van der Waals surface area contributed by atoms with Gasteiger partial charge in [0.2, 0.25) is 11.8 Å². The third-order valence-electron chi connectivity index (χ3n) is 5.69. The molecule has 3 N–H and O–H groups in total. The molecule has 2 aliphatic heterocycles. The summed E-state index contributed by atoms with van der Waals surface area (Å²) >= 11 is 0. The van der Waals surface area contributed by atoms with Crippen LogP contribution in [0.15, 0.2) is 18.3 Å². The van der Waals surface area contributed by atoms with Crippen LogP contribution in [-0.2, 0) is 19.1 Å². The number of nitrogens with zero attached hydrogens (tertiary/aromatic N) is 4. The predicted molar refractivity (Wildman–Crippen MR) is 115 cm³/mol. The number of nitriles is 1. The van der Waals surface area contributed by atoms with E-state index in [0.29, 0.717) is 31.7 Å². The van der Waals surface area contributed by atoms with E-state index < -0.39 is 36.8 Å². The minimum Gasteiger partial charge on any atom is -0.394 e. The summed E-state index contributed by atoms with van der Waals surface area (Å²) in [6.45, 7) is 1.01. The normalized spacial score (nSPS) is 21.9. The van der Waals surface area contributed by atoms with Crippen LogP contribution in [-0.4, -0.2) is 97.7 Å². The average molecular weight is 500 g/mol. The zero-order chi connectivity index (χ0) is 25.4. The SMILES string of the molecule is N#Cc1ccc(N2CCN(C(=O)CCOC[C@H](CO)OC3CNNC(=O)C3C(F)(F)F)CC2)nc1. The summed E-state index contributed by atoms with van der Waals surface area (Å²) in [5.41, 5.74) is 4.74. The summed E-state index contributed by atoms with van der Waals surface area (Å²) in [6.07, 6.45) is -5.85. The molecular weight excluding hydrogens is 473 g/mol. The van der Waals surface area contributed by atoms with Crippen molar-refractivity contribution in [3.63, 3.8) is 0 Å². The monoisotopic (exact) mass is 500 g/mol. The lowest BCUT2D eigenvalue weighted by atomic mass is 9.99. The fourth-order valence-corrected chi connectivity index (χ4v) is 3.83. The number of anilines is 1. The highest BCUT2D eigenvalue weighted by atomic mass is 19.4. The summed E-state index contributed by atoms with van der Waals surface area (Å²) in [4.78, 5) is 32.0. The van der Waals surface area contributed by atoms with Crippen molar-refractivity contribution in [1.29, 1.82) is 5.26 Å². The summed E-state index contributed by atoms with van der Waals surface area (Å²) in [5.74, 6) is -3.03. The van der Waals surface area contributed by atoms with Crippen LogP contribution in [0.1, 0.15) is 12.0 Å². The molecule has 35 heavy (non-hydrogen) atoms. The van der Waals surface area contributed by atoms with Gasteiger partial charge in [-0.15, -0.1) is 0 Å². The molecule has 0 radical (unpaired) electrons. The molecule has 0 spiro atoms. The molecule has 0 aliphatic carbocycles. The standard InChI is InChI=1S/C21H27F3N6O5/c22-21(23,24)19-16(11-27-28-20(19)33)35-15(12-31)13-34-8-3-18(32)30-6-4-29(5-7-30)17-2-1-14(9-25)10-26-17/h1-2,10,15-16,19,27,31H,3-8,11-13H2,(H,28,33)/t15-,16?,19?/m0/s1. The number of hydrogen-bond acceptors (Lipinski definition) is 9. The van der Waals surface area contributed by atoms with Crippen LogP contribution in [0.25, 0.3) is 0 Å². The minimum atomic E-state index is -4.80. The van der Waals surface area contributed by atoms with Gasteiger partial charge in [0.25, 0.3) is 0 Å². The zero-order valence-electron chi connectivity index (χ0n) is 18.8. The van der Waals surface area contributed by atoms with Crippen molar-refractivity contribution in [2.24, 2.45) is 5.92 Å². The molecule has 0 bridgehead atoms. The first kappa shape index (κ1) is 26.6. The molecule has 2 aliphatic rings. The number of alkyl halides is 3. The number of carbonyl (C=O) groups is 2. The molecule has 2 saturated heterocycles. The molecule has 11 nitrogen and oxygen atoms in total. The van der Waals surface area contributed by atoms with Gasteiger partial charge >= 0.3 is 6.18 Å². The topological polar surface area (TPSA) is 140 Å². The van der Waals surface area contributed by atoms with Crippen molar-refractivity contribution in [1.82, 2.24) is 20.7 Å². The Hall–Kier alpha value is -2.99. The van der Waals surface area contributed by atoms with Gasteiger partial charge < -0.3 is 24.4 Å². The van der Waals surface area contributed by atoms with E-state index in [4.69, 9.17) is 14.7 Å². The van der Waals surface area contributed by atoms with E-state index in [1.54, 1.807) is 17.0 Å². The second-order valence-electron chi connectivity index (χ2n) is 8.08. The van der Waals surface area contributed by atoms with Crippen molar-refractivity contribution >= 4 is 17.6 Å². The van der Waals surface area contributed by atoms with Gasteiger partial charge in [0.05, 0.1) is 37.9 Å². The number of ether oxygens (including phenoxy) is 2. The lowest BCUT2D eigenvalue weighted by Crippen LogP contribution is -2.61. The lowest BCUT2D eigenvalue weighted by Gasteiger charge is -2.35. The number of amides is 2. The van der Waals surface area contributed by atoms with Gasteiger partial charge in [-0.1, -0.05) is 0 Å². The summed E-state index contributed by atoms with van der Waals surface area (Å²) in [6, 6.07) is 5.46. The van der Waals surface area contributed by atoms with Gasteiger partial charge in [-0.2, -0.15) is 18.4 Å². The van der Waals surface area contributed by atoms with Gasteiger partial charge in [0.15, 0.2) is 5.92 Å². The third-order valence-corrected chi connectivity index (χ3v) is 5.69. The Bertz CT molecular complexity index is 902. The van der Waals surface area contributed by atoms with Crippen LogP contribution in [0.3, 0.4) is 0 Å². The fraction of sp³-hybridized carbons (Fsp3) is 0.619. The molecular formula is C21H27F3N6O5. The van der Waals surface area contributed by atoms with E-state index in [1.807, 2.05) is 16.4 Å². The molecule has 2 fully saturated rings. The quantitative estimate of drug-likeness (QED) is 0.385. The smallest absolute Gasteiger partial charge is 0.394 e. The Labute approximate surface area is 199 Å². The average Bonchev–Trinajstić information content (AvgIpc) is 2.85. The number of aliphatic hydroxyl groups is 1. The molecule has 0 aromatic carbocycles. The third kappa shape index (κ3) is 7.25. The van der Waals surface area contributed by atoms with Gasteiger partial charge in [-0.25, -0.2) is 10.4 Å². The zero-order valence-corrected chi connectivity index (χ0v) is 18.8. The van der Waals surface area contributed by atoms with E-state index in [0.717, 1.165) is 5.82 Å². The summed E-state index contributed by atoms with van der Waals surface area (Å²) in [7, 11) is 0. The summed E-state index contributed by atoms with van der Waals surface area (Å²) < 4.78 is 50.3. The maximum absolute atomic E-state index is 13.2. The first-order valence-corrected chi connectivity index (χ1v) is 11.0. The number of piperazine rings is 1. The van der Waals surface area contributed by atoms with Gasteiger partial charge in [0.1, 0.15) is 18.0 Å². The molecule has 0 saturated carbocycles.